The smallest absolute Gasteiger partial charge is 0.242 e. The third-order valence-electron chi connectivity index (χ3n) is 4.50. The molecule has 0 spiro atoms. The van der Waals surface area contributed by atoms with E-state index >= 15 is 0 Å². The maximum atomic E-state index is 12.6. The van der Waals surface area contributed by atoms with Crippen molar-refractivity contribution in [3.8, 4) is 0 Å². The lowest BCUT2D eigenvalue weighted by Crippen LogP contribution is -2.50. The highest BCUT2D eigenvalue weighted by Crippen LogP contribution is 2.26. The van der Waals surface area contributed by atoms with Gasteiger partial charge in [0.25, 0.3) is 0 Å². The van der Waals surface area contributed by atoms with Crippen LogP contribution in [0.15, 0.2) is 18.2 Å². The molecule has 1 aromatic carbocycles. The van der Waals surface area contributed by atoms with E-state index in [4.69, 9.17) is 0 Å². The number of carbonyl (C=O) groups excluding carboxylic acids is 2. The lowest BCUT2D eigenvalue weighted by atomic mass is 10.0. The van der Waals surface area contributed by atoms with E-state index in [0.29, 0.717) is 0 Å². The van der Waals surface area contributed by atoms with Crippen molar-refractivity contribution >= 4 is 17.5 Å². The first kappa shape index (κ1) is 17.5. The Morgan fingerprint density at radius 1 is 1.17 bits per heavy atom. The highest BCUT2D eigenvalue weighted by atomic mass is 16.2. The number of nitrogens with zero attached hydrogens (tertiary/aromatic N) is 3. The Morgan fingerprint density at radius 2 is 1.83 bits per heavy atom. The monoisotopic (exact) mass is 317 g/mol. The van der Waals surface area contributed by atoms with Gasteiger partial charge in [0.2, 0.25) is 11.8 Å². The van der Waals surface area contributed by atoms with Crippen molar-refractivity contribution in [2.24, 2.45) is 0 Å². The Balaban J connectivity index is 2.20. The first-order valence-corrected chi connectivity index (χ1v) is 8.27. The number of hydrogen-bond acceptors (Lipinski definition) is 3. The maximum absolute atomic E-state index is 12.6. The molecule has 0 N–H and O–H groups in total. The van der Waals surface area contributed by atoms with Crippen molar-refractivity contribution in [3.05, 3.63) is 29.3 Å². The molecule has 1 aromatic rings. The van der Waals surface area contributed by atoms with Gasteiger partial charge in [0.05, 0.1) is 5.69 Å². The van der Waals surface area contributed by atoms with Gasteiger partial charge in [-0.05, 0) is 31.5 Å². The molecule has 1 fully saturated rings. The lowest BCUT2D eigenvalue weighted by molar-refractivity contribution is -0.132. The fourth-order valence-corrected chi connectivity index (χ4v) is 3.03. The van der Waals surface area contributed by atoms with Gasteiger partial charge in [0.1, 0.15) is 6.54 Å². The molecule has 0 bridgehead atoms. The number of benzene rings is 1. The summed E-state index contributed by atoms with van der Waals surface area (Å²) in [6.07, 6.45) is 0.837. The van der Waals surface area contributed by atoms with Crippen LogP contribution in [0.25, 0.3) is 0 Å². The number of rotatable bonds is 4. The summed E-state index contributed by atoms with van der Waals surface area (Å²) in [6.45, 7) is 8.95. The van der Waals surface area contributed by atoms with Crippen LogP contribution in [0, 0.1) is 6.92 Å². The highest BCUT2D eigenvalue weighted by Gasteiger charge is 2.25. The molecule has 2 rings (SSSR count). The zero-order valence-electron chi connectivity index (χ0n) is 14.6. The highest BCUT2D eigenvalue weighted by molar-refractivity contribution is 5.98. The van der Waals surface area contributed by atoms with Gasteiger partial charge in [-0.2, -0.15) is 0 Å². The number of aryl methyl sites for hydroxylation is 2. The van der Waals surface area contributed by atoms with Gasteiger partial charge in [-0.1, -0.05) is 25.1 Å². The molecule has 1 saturated heterocycles. The summed E-state index contributed by atoms with van der Waals surface area (Å²) in [5, 5.41) is 0. The van der Waals surface area contributed by atoms with Crippen molar-refractivity contribution in [1.82, 2.24) is 9.80 Å². The Labute approximate surface area is 138 Å². The van der Waals surface area contributed by atoms with Gasteiger partial charge in [-0.25, -0.2) is 0 Å². The van der Waals surface area contributed by atoms with Crippen molar-refractivity contribution in [3.63, 3.8) is 0 Å². The Kier molecular flexibility index (Phi) is 5.77. The summed E-state index contributed by atoms with van der Waals surface area (Å²) in [6, 6.07) is 6.02. The van der Waals surface area contributed by atoms with Crippen LogP contribution < -0.4 is 4.90 Å². The number of hydrogen-bond donors (Lipinski definition) is 0. The fourth-order valence-electron chi connectivity index (χ4n) is 3.03. The van der Waals surface area contributed by atoms with Crippen LogP contribution in [-0.4, -0.2) is 61.4 Å². The zero-order chi connectivity index (χ0) is 17.0. The van der Waals surface area contributed by atoms with Crippen molar-refractivity contribution < 1.29 is 9.59 Å². The molecular formula is C18H27N3O2. The van der Waals surface area contributed by atoms with Crippen molar-refractivity contribution in [2.45, 2.75) is 27.2 Å². The van der Waals surface area contributed by atoms with Crippen LogP contribution in [-0.2, 0) is 16.0 Å². The van der Waals surface area contributed by atoms with Gasteiger partial charge in [0, 0.05) is 33.1 Å². The molecule has 5 heteroatoms. The molecule has 0 aromatic heterocycles. The molecule has 0 unspecified atom stereocenters. The van der Waals surface area contributed by atoms with Crippen LogP contribution in [0.3, 0.4) is 0 Å². The second-order valence-corrected chi connectivity index (χ2v) is 6.23. The van der Waals surface area contributed by atoms with E-state index in [1.165, 1.54) is 6.92 Å². The fraction of sp³-hybridized carbons (Fsp3) is 0.556. The second kappa shape index (κ2) is 7.59. The first-order valence-electron chi connectivity index (χ1n) is 8.27. The predicted molar refractivity (Wildman–Crippen MR) is 92.7 cm³/mol. The minimum atomic E-state index is -0.0866. The third kappa shape index (κ3) is 4.10. The second-order valence-electron chi connectivity index (χ2n) is 6.23. The van der Waals surface area contributed by atoms with Crippen LogP contribution in [0.1, 0.15) is 25.0 Å². The summed E-state index contributed by atoms with van der Waals surface area (Å²) in [5.41, 5.74) is 3.03. The van der Waals surface area contributed by atoms with Crippen LogP contribution in [0.4, 0.5) is 5.69 Å². The van der Waals surface area contributed by atoms with Crippen LogP contribution >= 0.6 is 0 Å². The van der Waals surface area contributed by atoms with Gasteiger partial charge in [-0.3, -0.25) is 9.59 Å². The first-order chi connectivity index (χ1) is 10.9. The molecule has 1 aliphatic rings. The normalized spacial score (nSPS) is 15.6. The SMILES string of the molecule is CCc1cccc(C)c1N(CC(=O)N1CCN(C)CC1)C(C)=O. The van der Waals surface area contributed by atoms with Gasteiger partial charge in [0.15, 0.2) is 0 Å². The van der Waals surface area contributed by atoms with E-state index in [-0.39, 0.29) is 18.4 Å². The van der Waals surface area contributed by atoms with E-state index in [2.05, 4.69) is 18.9 Å². The topological polar surface area (TPSA) is 43.9 Å². The molecule has 126 valence electrons. The van der Waals surface area contributed by atoms with Crippen molar-refractivity contribution in [1.29, 1.82) is 0 Å². The summed E-state index contributed by atoms with van der Waals surface area (Å²) in [5.74, 6) is -0.0601. The Bertz CT molecular complexity index is 578. The van der Waals surface area contributed by atoms with Crippen LogP contribution in [0.2, 0.25) is 0 Å². The summed E-state index contributed by atoms with van der Waals surface area (Å²) in [4.78, 5) is 30.5. The molecule has 0 radical (unpaired) electrons. The summed E-state index contributed by atoms with van der Waals surface area (Å²) in [7, 11) is 2.06. The van der Waals surface area contributed by atoms with E-state index in [1.807, 2.05) is 30.0 Å². The Hall–Kier alpha value is -1.88. The molecule has 0 atom stereocenters. The van der Waals surface area contributed by atoms with Gasteiger partial charge in [-0.15, -0.1) is 0 Å². The standard InChI is InChI=1S/C18H27N3O2/c1-5-16-8-6-7-14(2)18(16)21(15(3)22)13-17(23)20-11-9-19(4)10-12-20/h6-8H,5,9-13H2,1-4H3. The third-order valence-corrected chi connectivity index (χ3v) is 4.50. The maximum Gasteiger partial charge on any atom is 0.242 e. The molecule has 0 aliphatic carbocycles. The quantitative estimate of drug-likeness (QED) is 0.849. The lowest BCUT2D eigenvalue weighted by Gasteiger charge is -2.34. The molecule has 23 heavy (non-hydrogen) atoms. The van der Waals surface area contributed by atoms with Gasteiger partial charge < -0.3 is 14.7 Å². The van der Waals surface area contributed by atoms with E-state index in [9.17, 15) is 9.59 Å². The zero-order valence-corrected chi connectivity index (χ0v) is 14.6. The van der Waals surface area contributed by atoms with Crippen molar-refractivity contribution in [2.75, 3.05) is 44.7 Å². The summed E-state index contributed by atoms with van der Waals surface area (Å²) < 4.78 is 0. The number of anilines is 1. The number of likely N-dealkylation sites (N-methyl/N-ethyl adjacent to an activating group) is 1. The van der Waals surface area contributed by atoms with E-state index in [0.717, 1.165) is 49.4 Å². The average molecular weight is 317 g/mol. The number of amides is 2. The average Bonchev–Trinajstić information content (AvgIpc) is 2.53. The number of para-hydroxylation sites is 1. The molecule has 5 nitrogen and oxygen atoms in total. The molecule has 0 saturated carbocycles. The largest absolute Gasteiger partial charge is 0.339 e. The molecule has 1 heterocycles. The summed E-state index contributed by atoms with van der Waals surface area (Å²) >= 11 is 0. The van der Waals surface area contributed by atoms with E-state index < -0.39 is 0 Å². The minimum Gasteiger partial charge on any atom is -0.339 e. The molecule has 2 amide bonds. The molecular weight excluding hydrogens is 290 g/mol. The van der Waals surface area contributed by atoms with Gasteiger partial charge >= 0.3 is 0 Å². The number of carbonyl (C=O) groups is 2. The van der Waals surface area contributed by atoms with E-state index in [1.54, 1.807) is 4.90 Å². The molecule has 1 aliphatic heterocycles. The minimum absolute atomic E-state index is 0.0265. The number of piperazine rings is 1. The predicted octanol–water partition coefficient (Wildman–Crippen LogP) is 1.68. The Morgan fingerprint density at radius 3 is 2.39 bits per heavy atom. The van der Waals surface area contributed by atoms with Crippen LogP contribution in [0.5, 0.6) is 0 Å².